The van der Waals surface area contributed by atoms with Crippen LogP contribution in [0.25, 0.3) is 0 Å². The Morgan fingerprint density at radius 2 is 2.00 bits per heavy atom. The molecule has 2 aromatic rings. The Balaban J connectivity index is 2.18. The molecular formula is C14H10F3NO4S. The number of Topliss-reactive ketones (excluding diaryl/α,β-unsaturated/α-hetero) is 1. The van der Waals surface area contributed by atoms with Gasteiger partial charge in [0.15, 0.2) is 17.3 Å². The Morgan fingerprint density at radius 3 is 2.57 bits per heavy atom. The van der Waals surface area contributed by atoms with Crippen molar-refractivity contribution in [1.29, 1.82) is 0 Å². The summed E-state index contributed by atoms with van der Waals surface area (Å²) in [7, 11) is 0. The fraction of sp³-hybridized carbons (Fsp3) is 0.286. The van der Waals surface area contributed by atoms with Crippen LogP contribution in [0, 0.1) is 6.92 Å². The first-order valence-electron chi connectivity index (χ1n) is 6.44. The van der Waals surface area contributed by atoms with Crippen molar-refractivity contribution in [3.05, 3.63) is 33.8 Å². The van der Waals surface area contributed by atoms with Crippen LogP contribution >= 0.6 is 11.3 Å². The number of aromatic nitrogens is 1. The summed E-state index contributed by atoms with van der Waals surface area (Å²) in [5.41, 5.74) is -0.255. The van der Waals surface area contributed by atoms with E-state index in [4.69, 9.17) is 4.74 Å². The number of thiazole rings is 1. The van der Waals surface area contributed by atoms with Crippen molar-refractivity contribution in [3.63, 3.8) is 0 Å². The van der Waals surface area contributed by atoms with Gasteiger partial charge in [-0.2, -0.15) is 13.2 Å². The van der Waals surface area contributed by atoms with Crippen LogP contribution in [0.2, 0.25) is 0 Å². The number of alkyl halides is 3. The van der Waals surface area contributed by atoms with E-state index in [1.807, 2.05) is 0 Å². The molecular weight excluding hydrogens is 335 g/mol. The second-order valence-corrected chi connectivity index (χ2v) is 6.09. The van der Waals surface area contributed by atoms with E-state index >= 15 is 0 Å². The predicted octanol–water partition coefficient (Wildman–Crippen LogP) is 3.15. The minimum Gasteiger partial charge on any atom is -0.504 e. The molecule has 2 N–H and O–H groups in total. The van der Waals surface area contributed by atoms with Crippen LogP contribution in [-0.4, -0.2) is 33.3 Å². The average molecular weight is 345 g/mol. The fourth-order valence-corrected chi connectivity index (χ4v) is 3.09. The molecule has 2 atom stereocenters. The molecule has 1 aromatic heterocycles. The van der Waals surface area contributed by atoms with Gasteiger partial charge in [-0.3, -0.25) is 4.79 Å². The number of phenolic OH excluding ortho intramolecular Hbond substituents is 2. The topological polar surface area (TPSA) is 79.7 Å². The van der Waals surface area contributed by atoms with Gasteiger partial charge < -0.3 is 14.9 Å². The van der Waals surface area contributed by atoms with Gasteiger partial charge in [0.1, 0.15) is 5.92 Å². The second kappa shape index (κ2) is 5.12. The van der Waals surface area contributed by atoms with Crippen molar-refractivity contribution in [3.8, 4) is 17.2 Å². The van der Waals surface area contributed by atoms with Gasteiger partial charge in [-0.1, -0.05) is 0 Å². The molecule has 5 nitrogen and oxygen atoms in total. The molecule has 0 saturated heterocycles. The molecule has 23 heavy (non-hydrogen) atoms. The summed E-state index contributed by atoms with van der Waals surface area (Å²) in [5, 5.41) is 21.0. The molecule has 0 unspecified atom stereocenters. The summed E-state index contributed by atoms with van der Waals surface area (Å²) in [6, 6.07) is 2.14. The lowest BCUT2D eigenvalue weighted by molar-refractivity contribution is -0.200. The number of rotatable bonds is 1. The van der Waals surface area contributed by atoms with E-state index in [2.05, 4.69) is 4.98 Å². The van der Waals surface area contributed by atoms with Crippen LogP contribution in [-0.2, 0) is 0 Å². The zero-order valence-corrected chi connectivity index (χ0v) is 12.4. The number of hydrogen-bond acceptors (Lipinski definition) is 6. The van der Waals surface area contributed by atoms with Gasteiger partial charge >= 0.3 is 6.18 Å². The number of nitrogens with zero attached hydrogens (tertiary/aromatic N) is 1. The summed E-state index contributed by atoms with van der Waals surface area (Å²) in [6.07, 6.45) is -7.34. The molecule has 3 rings (SSSR count). The van der Waals surface area contributed by atoms with E-state index in [9.17, 15) is 28.2 Å². The molecule has 0 fully saturated rings. The maximum atomic E-state index is 13.3. The van der Waals surface area contributed by atoms with Gasteiger partial charge in [0.05, 0.1) is 16.3 Å². The maximum absolute atomic E-state index is 13.3. The lowest BCUT2D eigenvalue weighted by Gasteiger charge is -2.33. The van der Waals surface area contributed by atoms with Crippen LogP contribution in [0.5, 0.6) is 17.2 Å². The van der Waals surface area contributed by atoms with Crippen LogP contribution < -0.4 is 4.74 Å². The number of aryl methyl sites for hydroxylation is 1. The third-order valence-electron chi connectivity index (χ3n) is 3.48. The van der Waals surface area contributed by atoms with E-state index in [0.717, 1.165) is 23.5 Å². The molecule has 0 saturated carbocycles. The third-order valence-corrected chi connectivity index (χ3v) is 4.28. The lowest BCUT2D eigenvalue weighted by atomic mass is 9.86. The molecule has 1 aromatic carbocycles. The quantitative estimate of drug-likeness (QED) is 0.776. The molecule has 122 valence electrons. The maximum Gasteiger partial charge on any atom is 0.426 e. The Labute approximate surface area is 132 Å². The minimum absolute atomic E-state index is 0.0296. The normalized spacial score (nSPS) is 21.0. The first-order valence-corrected chi connectivity index (χ1v) is 7.32. The highest BCUT2D eigenvalue weighted by molar-refractivity contribution is 7.09. The zero-order valence-electron chi connectivity index (χ0n) is 11.6. The zero-order chi connectivity index (χ0) is 16.9. The Kier molecular flexibility index (Phi) is 3.47. The number of hydrogen-bond donors (Lipinski definition) is 2. The SMILES string of the molecule is Cc1nc([C@H]2C(=O)c3ccc(O)c(O)c3O[C@H]2C(F)(F)F)cs1. The molecule has 2 heterocycles. The predicted molar refractivity (Wildman–Crippen MR) is 74.2 cm³/mol. The standard InChI is InChI=1S/C14H10F3NO4S/c1-5-18-7(4-23-5)9-10(20)6-2-3-8(19)11(21)12(6)22-13(9)14(15,16)17/h2-4,9,13,19,21H,1H3/t9-,13+/m0/s1. The minimum atomic E-state index is -4.85. The summed E-state index contributed by atoms with van der Waals surface area (Å²) >= 11 is 1.12. The molecule has 0 radical (unpaired) electrons. The molecule has 0 spiro atoms. The Bertz CT molecular complexity index is 787. The van der Waals surface area contributed by atoms with Crippen LogP contribution in [0.4, 0.5) is 13.2 Å². The first-order chi connectivity index (χ1) is 10.7. The molecule has 1 aliphatic heterocycles. The number of ketones is 1. The number of ether oxygens (including phenoxy) is 1. The highest BCUT2D eigenvalue weighted by atomic mass is 32.1. The lowest BCUT2D eigenvalue weighted by Crippen LogP contribution is -2.46. The van der Waals surface area contributed by atoms with Crippen molar-refractivity contribution in [2.24, 2.45) is 0 Å². The van der Waals surface area contributed by atoms with E-state index < -0.39 is 41.2 Å². The van der Waals surface area contributed by atoms with Gasteiger partial charge in [0.2, 0.25) is 11.9 Å². The van der Waals surface area contributed by atoms with E-state index in [1.54, 1.807) is 6.92 Å². The fourth-order valence-electron chi connectivity index (χ4n) is 2.44. The third kappa shape index (κ3) is 2.50. The Morgan fingerprint density at radius 1 is 1.30 bits per heavy atom. The first kappa shape index (κ1) is 15.6. The second-order valence-electron chi connectivity index (χ2n) is 5.02. The number of carbonyl (C=O) groups excluding carboxylic acids is 1. The number of phenols is 2. The van der Waals surface area contributed by atoms with E-state index in [-0.39, 0.29) is 11.3 Å². The number of aromatic hydroxyl groups is 2. The van der Waals surface area contributed by atoms with Crippen molar-refractivity contribution < 1.29 is 32.9 Å². The van der Waals surface area contributed by atoms with Crippen molar-refractivity contribution in [2.45, 2.75) is 25.1 Å². The Hall–Kier alpha value is -2.29. The summed E-state index contributed by atoms with van der Waals surface area (Å²) in [5.74, 6) is -4.75. The molecule has 1 aliphatic rings. The van der Waals surface area contributed by atoms with Crippen LogP contribution in [0.3, 0.4) is 0 Å². The van der Waals surface area contributed by atoms with Gasteiger partial charge in [-0.25, -0.2) is 4.98 Å². The van der Waals surface area contributed by atoms with Crippen LogP contribution in [0.1, 0.15) is 27.0 Å². The largest absolute Gasteiger partial charge is 0.504 e. The highest BCUT2D eigenvalue weighted by Crippen LogP contribution is 2.48. The summed E-state index contributed by atoms with van der Waals surface area (Å²) in [4.78, 5) is 16.5. The average Bonchev–Trinajstić information content (AvgIpc) is 2.88. The summed E-state index contributed by atoms with van der Waals surface area (Å²) < 4.78 is 44.9. The van der Waals surface area contributed by atoms with Gasteiger partial charge in [0, 0.05) is 5.38 Å². The highest BCUT2D eigenvalue weighted by Gasteiger charge is 2.54. The van der Waals surface area contributed by atoms with Gasteiger partial charge in [-0.05, 0) is 19.1 Å². The van der Waals surface area contributed by atoms with Crippen molar-refractivity contribution in [2.75, 3.05) is 0 Å². The monoisotopic (exact) mass is 345 g/mol. The molecule has 0 bridgehead atoms. The molecule has 0 aliphatic carbocycles. The molecule has 9 heteroatoms. The number of halogens is 3. The summed E-state index contributed by atoms with van der Waals surface area (Å²) in [6.45, 7) is 1.61. The smallest absolute Gasteiger partial charge is 0.426 e. The number of benzene rings is 1. The van der Waals surface area contributed by atoms with Gasteiger partial charge in [-0.15, -0.1) is 11.3 Å². The van der Waals surface area contributed by atoms with Crippen LogP contribution in [0.15, 0.2) is 17.5 Å². The van der Waals surface area contributed by atoms with E-state index in [1.165, 1.54) is 5.38 Å². The van der Waals surface area contributed by atoms with Crippen molar-refractivity contribution in [1.82, 2.24) is 4.98 Å². The number of fused-ring (bicyclic) bond motifs is 1. The number of carbonyl (C=O) groups is 1. The van der Waals surface area contributed by atoms with E-state index in [0.29, 0.717) is 5.01 Å². The molecule has 0 amide bonds. The van der Waals surface area contributed by atoms with Crippen molar-refractivity contribution >= 4 is 17.1 Å². The van der Waals surface area contributed by atoms with Gasteiger partial charge in [0.25, 0.3) is 0 Å².